The predicted octanol–water partition coefficient (Wildman–Crippen LogP) is 0.971. The third kappa shape index (κ3) is 2.10. The average molecular weight is 358 g/mol. The van der Waals surface area contributed by atoms with E-state index < -0.39 is 46.2 Å². The Labute approximate surface area is 147 Å². The highest BCUT2D eigenvalue weighted by Crippen LogP contribution is 2.53. The van der Waals surface area contributed by atoms with Gasteiger partial charge in [0.15, 0.2) is 0 Å². The van der Waals surface area contributed by atoms with Crippen LogP contribution in [0.15, 0.2) is 36.4 Å². The van der Waals surface area contributed by atoms with Crippen molar-refractivity contribution in [2.24, 2.45) is 11.8 Å². The highest BCUT2D eigenvalue weighted by atomic mass is 16.6. The Morgan fingerprint density at radius 1 is 1.35 bits per heavy atom. The van der Waals surface area contributed by atoms with Crippen molar-refractivity contribution < 1.29 is 28.8 Å². The Kier molecular flexibility index (Phi) is 3.45. The van der Waals surface area contributed by atoms with Crippen LogP contribution in [0.5, 0.6) is 0 Å². The fourth-order valence-electron chi connectivity index (χ4n) is 3.93. The zero-order valence-electron chi connectivity index (χ0n) is 13.7. The number of nitro groups is 1. The number of carbonyl (C=O) groups excluding carboxylic acids is 3. The summed E-state index contributed by atoms with van der Waals surface area (Å²) in [6.45, 7) is 1.04. The first-order valence-electron chi connectivity index (χ1n) is 7.97. The Morgan fingerprint density at radius 2 is 2.08 bits per heavy atom. The molecule has 2 amide bonds. The quantitative estimate of drug-likeness (QED) is 0.259. The minimum Gasteiger partial charge on any atom is -0.462 e. The summed E-state index contributed by atoms with van der Waals surface area (Å²) in [5.41, 5.74) is -1.61. The van der Waals surface area contributed by atoms with E-state index in [2.05, 4.69) is 0 Å². The molecule has 3 heterocycles. The van der Waals surface area contributed by atoms with E-state index in [9.17, 15) is 24.5 Å². The number of benzene rings is 1. The van der Waals surface area contributed by atoms with E-state index in [1.165, 1.54) is 31.2 Å². The SMILES string of the molecule is CC(=O)OC[C@@]12C=C[C@H](O1)[C@@H]1C(=O)N(c3ccccc3[N+](=O)[O-])C(=O)[C@@H]12. The molecule has 1 aromatic rings. The van der Waals surface area contributed by atoms with Crippen LogP contribution in [-0.4, -0.2) is 41.0 Å². The van der Waals surface area contributed by atoms with Crippen LogP contribution in [0.1, 0.15) is 6.92 Å². The summed E-state index contributed by atoms with van der Waals surface area (Å²) in [5.74, 6) is -3.34. The van der Waals surface area contributed by atoms with Crippen molar-refractivity contribution in [3.05, 3.63) is 46.5 Å². The molecule has 0 radical (unpaired) electrons. The second-order valence-electron chi connectivity index (χ2n) is 6.44. The number of imide groups is 1. The van der Waals surface area contributed by atoms with Crippen molar-refractivity contribution in [1.29, 1.82) is 0 Å². The summed E-state index contributed by atoms with van der Waals surface area (Å²) in [6.07, 6.45) is 2.67. The number of hydrogen-bond acceptors (Lipinski definition) is 7. The summed E-state index contributed by atoms with van der Waals surface area (Å²) >= 11 is 0. The number of carbonyl (C=O) groups is 3. The van der Waals surface area contributed by atoms with E-state index in [-0.39, 0.29) is 18.0 Å². The zero-order valence-corrected chi connectivity index (χ0v) is 13.7. The highest BCUT2D eigenvalue weighted by molar-refractivity contribution is 6.24. The van der Waals surface area contributed by atoms with Crippen molar-refractivity contribution in [2.45, 2.75) is 18.6 Å². The van der Waals surface area contributed by atoms with Gasteiger partial charge in [0, 0.05) is 13.0 Å². The third-order valence-electron chi connectivity index (χ3n) is 4.98. The molecule has 26 heavy (non-hydrogen) atoms. The lowest BCUT2D eigenvalue weighted by Gasteiger charge is -2.27. The molecule has 0 unspecified atom stereocenters. The lowest BCUT2D eigenvalue weighted by molar-refractivity contribution is -0.384. The van der Waals surface area contributed by atoms with E-state index in [1.807, 2.05) is 0 Å². The number of fused-ring (bicyclic) bond motifs is 5. The largest absolute Gasteiger partial charge is 0.462 e. The minimum absolute atomic E-state index is 0.0658. The van der Waals surface area contributed by atoms with Gasteiger partial charge in [-0.25, -0.2) is 4.90 Å². The van der Waals surface area contributed by atoms with Gasteiger partial charge in [-0.15, -0.1) is 0 Å². The molecule has 2 fully saturated rings. The molecule has 0 aromatic heterocycles. The van der Waals surface area contributed by atoms with Crippen LogP contribution in [-0.2, 0) is 23.9 Å². The number of hydrogen-bond donors (Lipinski definition) is 0. The number of ether oxygens (including phenoxy) is 2. The fourth-order valence-corrected chi connectivity index (χ4v) is 3.93. The predicted molar refractivity (Wildman–Crippen MR) is 85.9 cm³/mol. The molecule has 0 saturated carbocycles. The number of nitrogens with zero attached hydrogens (tertiary/aromatic N) is 2. The van der Waals surface area contributed by atoms with Crippen LogP contribution in [0.25, 0.3) is 0 Å². The van der Waals surface area contributed by atoms with Gasteiger partial charge >= 0.3 is 5.97 Å². The van der Waals surface area contributed by atoms with E-state index in [0.717, 1.165) is 4.90 Å². The number of para-hydroxylation sites is 2. The van der Waals surface area contributed by atoms with E-state index in [4.69, 9.17) is 9.47 Å². The Hall–Kier alpha value is -3.07. The minimum atomic E-state index is -1.22. The average Bonchev–Trinajstić information content (AvgIpc) is 3.24. The van der Waals surface area contributed by atoms with Gasteiger partial charge in [0.25, 0.3) is 5.69 Å². The monoisotopic (exact) mass is 358 g/mol. The molecule has 4 atom stereocenters. The van der Waals surface area contributed by atoms with Gasteiger partial charge in [-0.05, 0) is 12.1 Å². The van der Waals surface area contributed by atoms with Gasteiger partial charge in [-0.1, -0.05) is 18.2 Å². The fraction of sp³-hybridized carbons (Fsp3) is 0.353. The molecule has 1 aromatic carbocycles. The Bertz CT molecular complexity index is 880. The first kappa shape index (κ1) is 16.4. The maximum Gasteiger partial charge on any atom is 0.302 e. The van der Waals surface area contributed by atoms with Crippen LogP contribution in [0.3, 0.4) is 0 Å². The summed E-state index contributed by atoms with van der Waals surface area (Å²) in [7, 11) is 0. The maximum absolute atomic E-state index is 13.0. The molecule has 0 spiro atoms. The van der Waals surface area contributed by atoms with Crippen LogP contribution in [0, 0.1) is 22.0 Å². The summed E-state index contributed by atoms with van der Waals surface area (Å²) in [6, 6.07) is 5.59. The van der Waals surface area contributed by atoms with Gasteiger partial charge < -0.3 is 9.47 Å². The van der Waals surface area contributed by atoms with Crippen molar-refractivity contribution >= 4 is 29.2 Å². The lowest BCUT2D eigenvalue weighted by atomic mass is 9.77. The molecular weight excluding hydrogens is 344 g/mol. The maximum atomic E-state index is 13.0. The van der Waals surface area contributed by atoms with Gasteiger partial charge in [-0.3, -0.25) is 24.5 Å². The van der Waals surface area contributed by atoms with E-state index >= 15 is 0 Å². The molecule has 0 N–H and O–H groups in total. The summed E-state index contributed by atoms with van der Waals surface area (Å²) in [4.78, 5) is 48.6. The van der Waals surface area contributed by atoms with Gasteiger partial charge in [0.2, 0.25) is 11.8 Å². The topological polar surface area (TPSA) is 116 Å². The highest BCUT2D eigenvalue weighted by Gasteiger charge is 2.68. The summed E-state index contributed by atoms with van der Waals surface area (Å²) < 4.78 is 10.8. The van der Waals surface area contributed by atoms with Gasteiger partial charge in [0.1, 0.15) is 17.9 Å². The summed E-state index contributed by atoms with van der Waals surface area (Å²) in [5, 5.41) is 11.3. The molecule has 3 aliphatic rings. The van der Waals surface area contributed by atoms with E-state index in [1.54, 1.807) is 12.2 Å². The number of amides is 2. The van der Waals surface area contributed by atoms with Crippen molar-refractivity contribution in [1.82, 2.24) is 0 Å². The van der Waals surface area contributed by atoms with Crippen LogP contribution in [0.4, 0.5) is 11.4 Å². The molecule has 134 valence electrons. The third-order valence-corrected chi connectivity index (χ3v) is 4.98. The number of rotatable bonds is 4. The van der Waals surface area contributed by atoms with Crippen LogP contribution >= 0.6 is 0 Å². The lowest BCUT2D eigenvalue weighted by Crippen LogP contribution is -2.44. The smallest absolute Gasteiger partial charge is 0.302 e. The van der Waals surface area contributed by atoms with E-state index in [0.29, 0.717) is 0 Å². The second kappa shape index (κ2) is 5.46. The molecule has 3 aliphatic heterocycles. The van der Waals surface area contributed by atoms with Crippen molar-refractivity contribution in [3.63, 3.8) is 0 Å². The first-order valence-corrected chi connectivity index (χ1v) is 7.97. The molecule has 9 nitrogen and oxygen atoms in total. The number of anilines is 1. The normalized spacial score (nSPS) is 31.4. The van der Waals surface area contributed by atoms with Gasteiger partial charge in [-0.2, -0.15) is 0 Å². The zero-order chi connectivity index (χ0) is 18.6. The molecule has 9 heteroatoms. The molecule has 2 bridgehead atoms. The Balaban J connectivity index is 1.74. The standard InChI is InChI=1S/C17H14N2O7/c1-9(20)25-8-17-7-6-12(26-17)13-14(17)16(22)18(15(13)21)10-4-2-3-5-11(10)19(23)24/h2-7,12-14H,8H2,1H3/t12-,13-,14+,17+/m0/s1. The molecule has 2 saturated heterocycles. The number of esters is 1. The van der Waals surface area contributed by atoms with Crippen LogP contribution in [0.2, 0.25) is 0 Å². The second-order valence-corrected chi connectivity index (χ2v) is 6.44. The molecular formula is C17H14N2O7. The Morgan fingerprint density at radius 3 is 2.77 bits per heavy atom. The van der Waals surface area contributed by atoms with Gasteiger partial charge in [0.05, 0.1) is 22.9 Å². The van der Waals surface area contributed by atoms with Crippen molar-refractivity contribution in [2.75, 3.05) is 11.5 Å². The first-order chi connectivity index (χ1) is 12.4. The number of nitro benzene ring substituents is 1. The molecule has 0 aliphatic carbocycles. The molecule has 4 rings (SSSR count). The van der Waals surface area contributed by atoms with Crippen LogP contribution < -0.4 is 4.90 Å². The van der Waals surface area contributed by atoms with Crippen molar-refractivity contribution in [3.8, 4) is 0 Å².